The Labute approximate surface area is 198 Å². The highest BCUT2D eigenvalue weighted by atomic mass is 16.5. The van der Waals surface area contributed by atoms with E-state index in [0.29, 0.717) is 5.92 Å². The van der Waals surface area contributed by atoms with Crippen LogP contribution in [0.4, 0.5) is 0 Å². The molecule has 0 atom stereocenters. The first-order chi connectivity index (χ1) is 15.7. The van der Waals surface area contributed by atoms with Crippen molar-refractivity contribution in [2.45, 2.75) is 103 Å². The molecule has 2 fully saturated rings. The highest BCUT2D eigenvalue weighted by Gasteiger charge is 2.31. The van der Waals surface area contributed by atoms with Crippen molar-refractivity contribution in [3.8, 4) is 0 Å². The Bertz CT molecular complexity index is 588. The molecule has 0 saturated heterocycles. The molecule has 0 aliphatic heterocycles. The van der Waals surface area contributed by atoms with Crippen LogP contribution in [0.3, 0.4) is 0 Å². The number of benzene rings is 1. The lowest BCUT2D eigenvalue weighted by molar-refractivity contribution is 0.0736. The van der Waals surface area contributed by atoms with Crippen molar-refractivity contribution in [1.82, 2.24) is 0 Å². The number of unbranched alkanes of at least 4 members (excludes halogenated alkanes) is 2. The third kappa shape index (κ3) is 8.17. The molecule has 2 aliphatic rings. The van der Waals surface area contributed by atoms with Crippen LogP contribution in [0.2, 0.25) is 0 Å². The van der Waals surface area contributed by atoms with Crippen LogP contribution in [-0.4, -0.2) is 27.4 Å². The van der Waals surface area contributed by atoms with Crippen LogP contribution < -0.4 is 0 Å². The van der Waals surface area contributed by atoms with Gasteiger partial charge in [0, 0.05) is 20.1 Å². The third-order valence-corrected chi connectivity index (χ3v) is 8.64. The first-order valence-electron chi connectivity index (χ1n) is 13.8. The highest BCUT2D eigenvalue weighted by molar-refractivity contribution is 5.26. The molecule has 2 aliphatic carbocycles. The SMILES string of the molecule is CCCCCc1ccc(C2CCC(C3CCC(CCC(COC)COC)CC3)CC2)cc1. The Morgan fingerprint density at radius 2 is 1.38 bits per heavy atom. The van der Waals surface area contributed by atoms with Gasteiger partial charge in [0.05, 0.1) is 13.2 Å². The maximum Gasteiger partial charge on any atom is 0.0512 e. The van der Waals surface area contributed by atoms with Crippen molar-refractivity contribution in [3.63, 3.8) is 0 Å². The van der Waals surface area contributed by atoms with Gasteiger partial charge in [-0.3, -0.25) is 0 Å². The first kappa shape index (κ1) is 25.8. The van der Waals surface area contributed by atoms with E-state index in [2.05, 4.69) is 31.2 Å². The summed E-state index contributed by atoms with van der Waals surface area (Å²) in [6.07, 6.45) is 19.5. The fraction of sp³-hybridized carbons (Fsp3) is 0.800. The maximum atomic E-state index is 5.38. The molecule has 2 heteroatoms. The predicted octanol–water partition coefficient (Wildman–Crippen LogP) is 8.19. The molecule has 0 unspecified atom stereocenters. The molecule has 182 valence electrons. The molecular formula is C30H50O2. The Hall–Kier alpha value is -0.860. The van der Waals surface area contributed by atoms with Gasteiger partial charge in [0.15, 0.2) is 0 Å². The van der Waals surface area contributed by atoms with E-state index >= 15 is 0 Å². The second kappa shape index (κ2) is 14.4. The van der Waals surface area contributed by atoms with Gasteiger partial charge in [-0.25, -0.2) is 0 Å². The lowest BCUT2D eigenvalue weighted by Crippen LogP contribution is -2.26. The van der Waals surface area contributed by atoms with Crippen LogP contribution in [0.5, 0.6) is 0 Å². The summed E-state index contributed by atoms with van der Waals surface area (Å²) >= 11 is 0. The zero-order valence-corrected chi connectivity index (χ0v) is 21.3. The second-order valence-corrected chi connectivity index (χ2v) is 10.9. The topological polar surface area (TPSA) is 18.5 Å². The molecule has 2 saturated carbocycles. The van der Waals surface area contributed by atoms with Crippen LogP contribution in [0.1, 0.15) is 107 Å². The van der Waals surface area contributed by atoms with E-state index in [1.807, 2.05) is 14.2 Å². The van der Waals surface area contributed by atoms with Crippen molar-refractivity contribution in [2.75, 3.05) is 27.4 Å². The molecule has 0 amide bonds. The molecule has 32 heavy (non-hydrogen) atoms. The number of methoxy groups -OCH3 is 2. The average Bonchev–Trinajstić information content (AvgIpc) is 2.84. The molecular weight excluding hydrogens is 392 g/mol. The van der Waals surface area contributed by atoms with Crippen molar-refractivity contribution in [2.24, 2.45) is 23.7 Å². The van der Waals surface area contributed by atoms with Crippen molar-refractivity contribution in [3.05, 3.63) is 35.4 Å². The summed E-state index contributed by atoms with van der Waals surface area (Å²) in [5, 5.41) is 0. The first-order valence-corrected chi connectivity index (χ1v) is 13.8. The fourth-order valence-electron chi connectivity index (χ4n) is 6.57. The van der Waals surface area contributed by atoms with Gasteiger partial charge in [0.1, 0.15) is 0 Å². The van der Waals surface area contributed by atoms with Gasteiger partial charge in [-0.15, -0.1) is 0 Å². The number of rotatable bonds is 13. The minimum atomic E-state index is 0.573. The van der Waals surface area contributed by atoms with Gasteiger partial charge < -0.3 is 9.47 Å². The normalized spacial score (nSPS) is 26.5. The van der Waals surface area contributed by atoms with Gasteiger partial charge in [-0.1, -0.05) is 63.3 Å². The average molecular weight is 443 g/mol. The maximum absolute atomic E-state index is 5.38. The minimum absolute atomic E-state index is 0.573. The standard InChI is InChI=1S/C30H50O2/c1-4-5-6-7-24-10-14-27(15-11-24)29-18-20-30(21-19-29)28-16-12-25(13-17-28)8-9-26(22-31-2)23-32-3/h10-11,14-15,25-26,28-30H,4-9,12-13,16-23H2,1-3H3. The second-order valence-electron chi connectivity index (χ2n) is 10.9. The van der Waals surface area contributed by atoms with Crippen LogP contribution in [0.25, 0.3) is 0 Å². The van der Waals surface area contributed by atoms with Crippen LogP contribution >= 0.6 is 0 Å². The van der Waals surface area contributed by atoms with Gasteiger partial charge in [-0.05, 0) is 92.6 Å². The van der Waals surface area contributed by atoms with E-state index in [9.17, 15) is 0 Å². The quantitative estimate of drug-likeness (QED) is 0.287. The minimum Gasteiger partial charge on any atom is -0.384 e. The molecule has 0 radical (unpaired) electrons. The molecule has 0 heterocycles. The van der Waals surface area contributed by atoms with Gasteiger partial charge in [0.2, 0.25) is 0 Å². The number of ether oxygens (including phenoxy) is 2. The number of hydrogen-bond donors (Lipinski definition) is 0. The van der Waals surface area contributed by atoms with Crippen molar-refractivity contribution < 1.29 is 9.47 Å². The van der Waals surface area contributed by atoms with Gasteiger partial charge in [0.25, 0.3) is 0 Å². The highest BCUT2D eigenvalue weighted by Crippen LogP contribution is 2.44. The predicted molar refractivity (Wildman–Crippen MR) is 136 cm³/mol. The Kier molecular flexibility index (Phi) is 11.6. The van der Waals surface area contributed by atoms with E-state index < -0.39 is 0 Å². The summed E-state index contributed by atoms with van der Waals surface area (Å²) in [4.78, 5) is 0. The zero-order valence-electron chi connectivity index (χ0n) is 21.3. The monoisotopic (exact) mass is 442 g/mol. The lowest BCUT2D eigenvalue weighted by Gasteiger charge is -2.38. The fourth-order valence-corrected chi connectivity index (χ4v) is 6.57. The van der Waals surface area contributed by atoms with Crippen molar-refractivity contribution in [1.29, 1.82) is 0 Å². The molecule has 1 aromatic rings. The molecule has 0 bridgehead atoms. The van der Waals surface area contributed by atoms with E-state index in [1.54, 1.807) is 5.56 Å². The Balaban J connectivity index is 1.35. The van der Waals surface area contributed by atoms with Crippen LogP contribution in [-0.2, 0) is 15.9 Å². The summed E-state index contributed by atoms with van der Waals surface area (Å²) in [6, 6.07) is 9.69. The van der Waals surface area contributed by atoms with E-state index in [-0.39, 0.29) is 0 Å². The van der Waals surface area contributed by atoms with E-state index in [4.69, 9.17) is 9.47 Å². The number of aryl methyl sites for hydroxylation is 1. The Morgan fingerprint density at radius 3 is 1.94 bits per heavy atom. The number of hydrogen-bond acceptors (Lipinski definition) is 2. The van der Waals surface area contributed by atoms with Crippen LogP contribution in [0, 0.1) is 23.7 Å². The summed E-state index contributed by atoms with van der Waals surface area (Å²) in [6.45, 7) is 3.97. The molecule has 0 aromatic heterocycles. The van der Waals surface area contributed by atoms with E-state index in [0.717, 1.165) is 36.9 Å². The van der Waals surface area contributed by atoms with E-state index in [1.165, 1.54) is 95.5 Å². The summed E-state index contributed by atoms with van der Waals surface area (Å²) in [7, 11) is 3.62. The zero-order chi connectivity index (χ0) is 22.6. The third-order valence-electron chi connectivity index (χ3n) is 8.64. The largest absolute Gasteiger partial charge is 0.384 e. The molecule has 0 spiro atoms. The smallest absolute Gasteiger partial charge is 0.0512 e. The van der Waals surface area contributed by atoms with Gasteiger partial charge in [-0.2, -0.15) is 0 Å². The van der Waals surface area contributed by atoms with Gasteiger partial charge >= 0.3 is 0 Å². The molecule has 0 N–H and O–H groups in total. The van der Waals surface area contributed by atoms with Crippen LogP contribution in [0.15, 0.2) is 24.3 Å². The molecule has 3 rings (SSSR count). The molecule has 1 aromatic carbocycles. The lowest BCUT2D eigenvalue weighted by atomic mass is 9.68. The summed E-state index contributed by atoms with van der Waals surface area (Å²) in [5.74, 6) is 4.32. The van der Waals surface area contributed by atoms with Crippen molar-refractivity contribution >= 4 is 0 Å². The summed E-state index contributed by atoms with van der Waals surface area (Å²) < 4.78 is 10.8. The summed E-state index contributed by atoms with van der Waals surface area (Å²) in [5.41, 5.74) is 3.14. The molecule has 2 nitrogen and oxygen atoms in total. The Morgan fingerprint density at radius 1 is 0.781 bits per heavy atom.